The lowest BCUT2D eigenvalue weighted by Gasteiger charge is -2.20. The van der Waals surface area contributed by atoms with E-state index in [4.69, 9.17) is 4.74 Å². The molecule has 102 valence electrons. The fourth-order valence-electron chi connectivity index (χ4n) is 2.56. The molecule has 1 atom stereocenters. The Bertz CT molecular complexity index is 176. The van der Waals surface area contributed by atoms with Gasteiger partial charge in [0.2, 0.25) is 0 Å². The predicted molar refractivity (Wildman–Crippen MR) is 73.4 cm³/mol. The van der Waals surface area contributed by atoms with Gasteiger partial charge < -0.3 is 15.0 Å². The minimum atomic E-state index is 0.870. The number of methoxy groups -OCH3 is 1. The molecule has 0 saturated carbocycles. The number of hydrogen-bond acceptors (Lipinski definition) is 3. The van der Waals surface area contributed by atoms with Crippen LogP contribution < -0.4 is 5.32 Å². The first-order valence-electron chi connectivity index (χ1n) is 7.28. The summed E-state index contributed by atoms with van der Waals surface area (Å²) in [5.41, 5.74) is 0. The highest BCUT2D eigenvalue weighted by atomic mass is 16.5. The summed E-state index contributed by atoms with van der Waals surface area (Å²) in [6.07, 6.45) is 6.72. The Labute approximate surface area is 107 Å². The first-order chi connectivity index (χ1) is 8.36. The molecule has 0 radical (unpaired) electrons. The minimum absolute atomic E-state index is 0.870. The first-order valence-corrected chi connectivity index (χ1v) is 7.28. The second kappa shape index (κ2) is 9.86. The zero-order valence-corrected chi connectivity index (χ0v) is 11.7. The van der Waals surface area contributed by atoms with Crippen molar-refractivity contribution < 1.29 is 4.74 Å². The van der Waals surface area contributed by atoms with Gasteiger partial charge in [0.15, 0.2) is 0 Å². The molecule has 0 spiro atoms. The summed E-state index contributed by atoms with van der Waals surface area (Å²) < 4.78 is 5.03. The van der Waals surface area contributed by atoms with Gasteiger partial charge in [-0.05, 0) is 51.2 Å². The van der Waals surface area contributed by atoms with Crippen LogP contribution in [0.3, 0.4) is 0 Å². The monoisotopic (exact) mass is 242 g/mol. The lowest BCUT2D eigenvalue weighted by molar-refractivity contribution is 0.193. The third-order valence-electron chi connectivity index (χ3n) is 3.82. The topological polar surface area (TPSA) is 24.5 Å². The van der Waals surface area contributed by atoms with Gasteiger partial charge in [-0.15, -0.1) is 0 Å². The molecule has 1 aliphatic rings. The van der Waals surface area contributed by atoms with E-state index in [1.807, 2.05) is 0 Å². The molecule has 1 heterocycles. The van der Waals surface area contributed by atoms with Crippen LogP contribution in [-0.2, 0) is 4.74 Å². The van der Waals surface area contributed by atoms with Crippen LogP contribution in [0, 0.1) is 5.92 Å². The average Bonchev–Trinajstić information content (AvgIpc) is 2.59. The summed E-state index contributed by atoms with van der Waals surface area (Å²) in [5, 5.41) is 3.49. The molecular weight excluding hydrogens is 212 g/mol. The molecule has 0 aromatic heterocycles. The summed E-state index contributed by atoms with van der Waals surface area (Å²) in [4.78, 5) is 2.62. The molecule has 0 aromatic carbocycles. The second-order valence-corrected chi connectivity index (χ2v) is 5.14. The molecular formula is C14H30N2O. The van der Waals surface area contributed by atoms with E-state index in [9.17, 15) is 0 Å². The number of rotatable bonds is 8. The molecule has 3 nitrogen and oxygen atoms in total. The molecule has 1 saturated heterocycles. The van der Waals surface area contributed by atoms with Gasteiger partial charge in [0, 0.05) is 26.8 Å². The molecule has 0 bridgehead atoms. The van der Waals surface area contributed by atoms with Gasteiger partial charge in [-0.1, -0.05) is 13.3 Å². The maximum Gasteiger partial charge on any atom is 0.0474 e. The summed E-state index contributed by atoms with van der Waals surface area (Å²) >= 11 is 0. The molecule has 1 rings (SSSR count). The molecule has 1 aliphatic heterocycles. The van der Waals surface area contributed by atoms with Crippen molar-refractivity contribution in [3.8, 4) is 0 Å². The molecule has 17 heavy (non-hydrogen) atoms. The maximum atomic E-state index is 5.03. The summed E-state index contributed by atoms with van der Waals surface area (Å²) in [7, 11) is 1.77. The molecule has 3 heteroatoms. The Balaban J connectivity index is 1.99. The van der Waals surface area contributed by atoms with Crippen LogP contribution in [-0.4, -0.2) is 51.3 Å². The van der Waals surface area contributed by atoms with Gasteiger partial charge in [0.05, 0.1) is 0 Å². The van der Waals surface area contributed by atoms with Gasteiger partial charge in [-0.3, -0.25) is 0 Å². The average molecular weight is 242 g/mol. The van der Waals surface area contributed by atoms with Crippen molar-refractivity contribution in [1.82, 2.24) is 10.2 Å². The SMILES string of the molecule is CCC1CCCN(CCNCCCOC)CC1. The zero-order chi connectivity index (χ0) is 12.3. The van der Waals surface area contributed by atoms with E-state index in [1.165, 1.54) is 45.3 Å². The lowest BCUT2D eigenvalue weighted by Crippen LogP contribution is -2.33. The Morgan fingerprint density at radius 3 is 2.88 bits per heavy atom. The fraction of sp³-hybridized carbons (Fsp3) is 1.00. The minimum Gasteiger partial charge on any atom is -0.385 e. The van der Waals surface area contributed by atoms with E-state index in [0.717, 1.165) is 32.0 Å². The quantitative estimate of drug-likeness (QED) is 0.660. The van der Waals surface area contributed by atoms with Crippen LogP contribution in [0.4, 0.5) is 0 Å². The summed E-state index contributed by atoms with van der Waals surface area (Å²) in [6.45, 7) is 9.23. The highest BCUT2D eigenvalue weighted by Crippen LogP contribution is 2.19. The van der Waals surface area contributed by atoms with Crippen molar-refractivity contribution in [2.75, 3.05) is 46.4 Å². The number of ether oxygens (including phenoxy) is 1. The Hall–Kier alpha value is -0.120. The normalized spacial score (nSPS) is 22.6. The Kier molecular flexibility index (Phi) is 8.67. The maximum absolute atomic E-state index is 5.03. The fourth-order valence-corrected chi connectivity index (χ4v) is 2.56. The Morgan fingerprint density at radius 2 is 2.12 bits per heavy atom. The van der Waals surface area contributed by atoms with Crippen molar-refractivity contribution in [2.45, 2.75) is 39.0 Å². The van der Waals surface area contributed by atoms with Crippen molar-refractivity contribution in [3.05, 3.63) is 0 Å². The predicted octanol–water partition coefficient (Wildman–Crippen LogP) is 2.12. The van der Waals surface area contributed by atoms with Gasteiger partial charge >= 0.3 is 0 Å². The lowest BCUT2D eigenvalue weighted by atomic mass is 9.98. The third-order valence-corrected chi connectivity index (χ3v) is 3.82. The smallest absolute Gasteiger partial charge is 0.0474 e. The van der Waals surface area contributed by atoms with Crippen molar-refractivity contribution >= 4 is 0 Å². The van der Waals surface area contributed by atoms with E-state index in [2.05, 4.69) is 17.1 Å². The van der Waals surface area contributed by atoms with Crippen LogP contribution in [0.2, 0.25) is 0 Å². The van der Waals surface area contributed by atoms with Gasteiger partial charge in [-0.25, -0.2) is 0 Å². The molecule has 0 aromatic rings. The van der Waals surface area contributed by atoms with E-state index in [-0.39, 0.29) is 0 Å². The van der Waals surface area contributed by atoms with Crippen LogP contribution in [0.1, 0.15) is 39.0 Å². The number of nitrogens with one attached hydrogen (secondary N) is 1. The highest BCUT2D eigenvalue weighted by molar-refractivity contribution is 4.69. The largest absolute Gasteiger partial charge is 0.385 e. The molecule has 1 N–H and O–H groups in total. The first kappa shape index (κ1) is 14.9. The standard InChI is InChI=1S/C14H30N2O/c1-3-14-6-4-10-16(11-7-14)12-9-15-8-5-13-17-2/h14-15H,3-13H2,1-2H3. The van der Waals surface area contributed by atoms with Gasteiger partial charge in [0.25, 0.3) is 0 Å². The van der Waals surface area contributed by atoms with Crippen molar-refractivity contribution in [1.29, 1.82) is 0 Å². The van der Waals surface area contributed by atoms with Crippen LogP contribution >= 0.6 is 0 Å². The van der Waals surface area contributed by atoms with Crippen LogP contribution in [0.25, 0.3) is 0 Å². The number of hydrogen-bond donors (Lipinski definition) is 1. The molecule has 0 aliphatic carbocycles. The van der Waals surface area contributed by atoms with Crippen LogP contribution in [0.15, 0.2) is 0 Å². The van der Waals surface area contributed by atoms with Crippen LogP contribution in [0.5, 0.6) is 0 Å². The Morgan fingerprint density at radius 1 is 1.24 bits per heavy atom. The molecule has 0 amide bonds. The van der Waals surface area contributed by atoms with E-state index in [1.54, 1.807) is 7.11 Å². The molecule has 1 fully saturated rings. The van der Waals surface area contributed by atoms with Crippen molar-refractivity contribution in [3.63, 3.8) is 0 Å². The van der Waals surface area contributed by atoms with E-state index >= 15 is 0 Å². The number of nitrogens with zero attached hydrogens (tertiary/aromatic N) is 1. The summed E-state index contributed by atoms with van der Waals surface area (Å²) in [6, 6.07) is 0. The highest BCUT2D eigenvalue weighted by Gasteiger charge is 2.14. The van der Waals surface area contributed by atoms with E-state index in [0.29, 0.717) is 0 Å². The van der Waals surface area contributed by atoms with Gasteiger partial charge in [0.1, 0.15) is 0 Å². The zero-order valence-electron chi connectivity index (χ0n) is 11.7. The summed E-state index contributed by atoms with van der Waals surface area (Å²) in [5.74, 6) is 0.981. The van der Waals surface area contributed by atoms with Crippen molar-refractivity contribution in [2.24, 2.45) is 5.92 Å². The van der Waals surface area contributed by atoms with E-state index < -0.39 is 0 Å². The second-order valence-electron chi connectivity index (χ2n) is 5.14. The van der Waals surface area contributed by atoms with Gasteiger partial charge in [-0.2, -0.15) is 0 Å². The third kappa shape index (κ3) is 7.02. The number of likely N-dealkylation sites (tertiary alicyclic amines) is 1. The molecule has 1 unspecified atom stereocenters.